The van der Waals surface area contributed by atoms with E-state index in [1.54, 1.807) is 18.1 Å². The molecule has 3 nitrogen and oxygen atoms in total. The predicted molar refractivity (Wildman–Crippen MR) is 74.1 cm³/mol. The first-order chi connectivity index (χ1) is 7.65. The largest absolute Gasteiger partial charge is 0.369 e. The molecule has 1 heterocycles. The van der Waals surface area contributed by atoms with Crippen molar-refractivity contribution in [3.63, 3.8) is 0 Å². The summed E-state index contributed by atoms with van der Waals surface area (Å²) in [6, 6.07) is 0. The fourth-order valence-corrected chi connectivity index (χ4v) is 2.95. The molecule has 90 valence electrons. The van der Waals surface area contributed by atoms with Gasteiger partial charge in [0.15, 0.2) is 0 Å². The van der Waals surface area contributed by atoms with Gasteiger partial charge in [-0.3, -0.25) is 0 Å². The van der Waals surface area contributed by atoms with E-state index in [2.05, 4.69) is 52.0 Å². The molecule has 0 radical (unpaired) electrons. The molecule has 0 saturated heterocycles. The number of hydrogen-bond donors (Lipinski definition) is 1. The quantitative estimate of drug-likeness (QED) is 0.640. The van der Waals surface area contributed by atoms with E-state index in [0.717, 1.165) is 33.5 Å². The van der Waals surface area contributed by atoms with Crippen LogP contribution >= 0.6 is 27.7 Å². The SMILES string of the molecule is CCNc1ncnc(SCCC(C)C)c1Br. The predicted octanol–water partition coefficient (Wildman–Crippen LogP) is 3.81. The molecule has 0 saturated carbocycles. The van der Waals surface area contributed by atoms with Gasteiger partial charge in [-0.2, -0.15) is 0 Å². The maximum atomic E-state index is 4.28. The molecule has 1 rings (SSSR count). The monoisotopic (exact) mass is 303 g/mol. The van der Waals surface area contributed by atoms with Crippen LogP contribution in [-0.4, -0.2) is 22.3 Å². The lowest BCUT2D eigenvalue weighted by molar-refractivity contribution is 0.632. The molecule has 0 fully saturated rings. The average Bonchev–Trinajstić information content (AvgIpc) is 2.23. The summed E-state index contributed by atoms with van der Waals surface area (Å²) in [6.07, 6.45) is 2.82. The summed E-state index contributed by atoms with van der Waals surface area (Å²) in [5.74, 6) is 2.71. The van der Waals surface area contributed by atoms with E-state index in [9.17, 15) is 0 Å². The van der Waals surface area contributed by atoms with Gasteiger partial charge < -0.3 is 5.32 Å². The van der Waals surface area contributed by atoms with Gasteiger partial charge in [-0.05, 0) is 40.9 Å². The first-order valence-corrected chi connectivity index (χ1v) is 7.30. The second-order valence-electron chi connectivity index (χ2n) is 3.90. The number of thioether (sulfide) groups is 1. The molecule has 1 aromatic rings. The van der Waals surface area contributed by atoms with Crippen molar-refractivity contribution in [3.05, 3.63) is 10.8 Å². The zero-order valence-electron chi connectivity index (χ0n) is 9.96. The third kappa shape index (κ3) is 4.29. The third-order valence-corrected chi connectivity index (χ3v) is 4.07. The standard InChI is InChI=1S/C11H18BrN3S/c1-4-13-10-9(12)11(15-7-14-10)16-6-5-8(2)3/h7-8H,4-6H2,1-3H3,(H,13,14,15). The van der Waals surface area contributed by atoms with Crippen LogP contribution in [0.25, 0.3) is 0 Å². The van der Waals surface area contributed by atoms with Crippen molar-refractivity contribution < 1.29 is 0 Å². The number of hydrogen-bond acceptors (Lipinski definition) is 4. The second-order valence-corrected chi connectivity index (χ2v) is 5.78. The van der Waals surface area contributed by atoms with Crippen LogP contribution < -0.4 is 5.32 Å². The number of rotatable bonds is 6. The minimum absolute atomic E-state index is 0.737. The van der Waals surface area contributed by atoms with Gasteiger partial charge in [0.1, 0.15) is 17.2 Å². The Morgan fingerprint density at radius 3 is 2.81 bits per heavy atom. The molecule has 0 spiro atoms. The first-order valence-electron chi connectivity index (χ1n) is 5.52. The van der Waals surface area contributed by atoms with Crippen LogP contribution in [0, 0.1) is 5.92 Å². The molecule has 0 aliphatic rings. The summed E-state index contributed by atoms with van der Waals surface area (Å²) in [6.45, 7) is 7.39. The summed E-state index contributed by atoms with van der Waals surface area (Å²) in [5.41, 5.74) is 0. The van der Waals surface area contributed by atoms with Gasteiger partial charge in [0, 0.05) is 6.54 Å². The minimum Gasteiger partial charge on any atom is -0.369 e. The van der Waals surface area contributed by atoms with Gasteiger partial charge in [0.25, 0.3) is 0 Å². The highest BCUT2D eigenvalue weighted by Gasteiger charge is 2.08. The molecule has 1 aromatic heterocycles. The minimum atomic E-state index is 0.737. The van der Waals surface area contributed by atoms with Gasteiger partial charge in [-0.15, -0.1) is 11.8 Å². The van der Waals surface area contributed by atoms with Crippen LogP contribution in [0.5, 0.6) is 0 Å². The van der Waals surface area contributed by atoms with Crippen molar-refractivity contribution in [1.29, 1.82) is 0 Å². The van der Waals surface area contributed by atoms with E-state index in [4.69, 9.17) is 0 Å². The molecule has 0 amide bonds. The smallest absolute Gasteiger partial charge is 0.144 e. The van der Waals surface area contributed by atoms with Crippen molar-refractivity contribution in [2.75, 3.05) is 17.6 Å². The number of aromatic nitrogens is 2. The molecule has 0 unspecified atom stereocenters. The van der Waals surface area contributed by atoms with Crippen LogP contribution in [0.15, 0.2) is 15.8 Å². The fraction of sp³-hybridized carbons (Fsp3) is 0.636. The van der Waals surface area contributed by atoms with Crippen molar-refractivity contribution in [2.24, 2.45) is 5.92 Å². The highest BCUT2D eigenvalue weighted by Crippen LogP contribution is 2.30. The van der Waals surface area contributed by atoms with Crippen molar-refractivity contribution in [1.82, 2.24) is 9.97 Å². The Labute approximate surface area is 110 Å². The normalized spacial score (nSPS) is 10.8. The maximum absolute atomic E-state index is 4.28. The summed E-state index contributed by atoms with van der Waals surface area (Å²) >= 11 is 5.32. The van der Waals surface area contributed by atoms with E-state index in [-0.39, 0.29) is 0 Å². The number of nitrogens with one attached hydrogen (secondary N) is 1. The molecule has 0 bridgehead atoms. The summed E-state index contributed by atoms with van der Waals surface area (Å²) in [7, 11) is 0. The molecule has 0 atom stereocenters. The van der Waals surface area contributed by atoms with Gasteiger partial charge in [0.2, 0.25) is 0 Å². The van der Waals surface area contributed by atoms with E-state index in [1.165, 1.54) is 6.42 Å². The Hall–Kier alpha value is -0.290. The van der Waals surface area contributed by atoms with Crippen LogP contribution in [0.2, 0.25) is 0 Å². The van der Waals surface area contributed by atoms with Crippen LogP contribution in [-0.2, 0) is 0 Å². The van der Waals surface area contributed by atoms with E-state index >= 15 is 0 Å². The number of halogens is 1. The van der Waals surface area contributed by atoms with Crippen molar-refractivity contribution >= 4 is 33.5 Å². The van der Waals surface area contributed by atoms with Crippen LogP contribution in [0.4, 0.5) is 5.82 Å². The summed E-state index contributed by atoms with van der Waals surface area (Å²) in [5, 5.41) is 4.22. The molecule has 16 heavy (non-hydrogen) atoms. The molecule has 0 aromatic carbocycles. The highest BCUT2D eigenvalue weighted by atomic mass is 79.9. The molecule has 1 N–H and O–H groups in total. The zero-order valence-corrected chi connectivity index (χ0v) is 12.4. The molecule has 5 heteroatoms. The zero-order chi connectivity index (χ0) is 12.0. The lowest BCUT2D eigenvalue weighted by atomic mass is 10.2. The Balaban J connectivity index is 2.62. The third-order valence-electron chi connectivity index (χ3n) is 2.04. The van der Waals surface area contributed by atoms with Crippen molar-refractivity contribution in [3.8, 4) is 0 Å². The fourth-order valence-electron chi connectivity index (χ4n) is 1.14. The molecule has 0 aliphatic heterocycles. The lowest BCUT2D eigenvalue weighted by Gasteiger charge is -2.09. The van der Waals surface area contributed by atoms with Gasteiger partial charge in [-0.25, -0.2) is 9.97 Å². The molecular formula is C11H18BrN3S. The lowest BCUT2D eigenvalue weighted by Crippen LogP contribution is -2.02. The average molecular weight is 304 g/mol. The van der Waals surface area contributed by atoms with E-state index in [1.807, 2.05) is 0 Å². The number of anilines is 1. The van der Waals surface area contributed by atoms with Gasteiger partial charge >= 0.3 is 0 Å². The van der Waals surface area contributed by atoms with Gasteiger partial charge in [0.05, 0.1) is 4.47 Å². The van der Waals surface area contributed by atoms with Gasteiger partial charge in [-0.1, -0.05) is 13.8 Å². The Bertz CT molecular complexity index is 331. The second kappa shape index (κ2) is 7.12. The first kappa shape index (κ1) is 13.8. The van der Waals surface area contributed by atoms with Crippen molar-refractivity contribution in [2.45, 2.75) is 32.2 Å². The maximum Gasteiger partial charge on any atom is 0.144 e. The summed E-state index contributed by atoms with van der Waals surface area (Å²) in [4.78, 5) is 8.47. The Kier molecular flexibility index (Phi) is 6.13. The highest BCUT2D eigenvalue weighted by molar-refractivity contribution is 9.10. The van der Waals surface area contributed by atoms with E-state index in [0.29, 0.717) is 0 Å². The van der Waals surface area contributed by atoms with E-state index < -0.39 is 0 Å². The Morgan fingerprint density at radius 1 is 1.44 bits per heavy atom. The Morgan fingerprint density at radius 2 is 2.19 bits per heavy atom. The van der Waals surface area contributed by atoms with Crippen LogP contribution in [0.1, 0.15) is 27.2 Å². The topological polar surface area (TPSA) is 37.8 Å². The van der Waals surface area contributed by atoms with Crippen LogP contribution in [0.3, 0.4) is 0 Å². The number of nitrogens with zero attached hydrogens (tertiary/aromatic N) is 2. The molecule has 0 aliphatic carbocycles. The summed E-state index contributed by atoms with van der Waals surface area (Å²) < 4.78 is 0.977. The molecular weight excluding hydrogens is 286 g/mol.